The van der Waals surface area contributed by atoms with E-state index >= 15 is 0 Å². The van der Waals surface area contributed by atoms with Crippen LogP contribution in [0.2, 0.25) is 0 Å². The maximum absolute atomic E-state index is 12.1. The van der Waals surface area contributed by atoms with Gasteiger partial charge in [0.1, 0.15) is 11.6 Å². The van der Waals surface area contributed by atoms with Crippen molar-refractivity contribution in [2.75, 3.05) is 12.4 Å². The summed E-state index contributed by atoms with van der Waals surface area (Å²) < 4.78 is 5.08. The predicted molar refractivity (Wildman–Crippen MR) is 73.1 cm³/mol. The lowest BCUT2D eigenvalue weighted by molar-refractivity contribution is 0.102. The summed E-state index contributed by atoms with van der Waals surface area (Å²) in [5.41, 5.74) is 6.90. The van der Waals surface area contributed by atoms with E-state index in [1.807, 2.05) is 6.07 Å². The quantitative estimate of drug-likeness (QED) is 0.875. The molecule has 1 aromatic heterocycles. The summed E-state index contributed by atoms with van der Waals surface area (Å²) >= 11 is 0. The zero-order chi connectivity index (χ0) is 13.7. The number of rotatable bonds is 4. The van der Waals surface area contributed by atoms with Gasteiger partial charge in [-0.3, -0.25) is 4.79 Å². The molecule has 0 aliphatic carbocycles. The molecule has 0 radical (unpaired) electrons. The summed E-state index contributed by atoms with van der Waals surface area (Å²) in [6.07, 6.45) is 1.61. The molecular weight excluding hydrogens is 242 g/mol. The Kier molecular flexibility index (Phi) is 4.10. The largest absolute Gasteiger partial charge is 0.497 e. The number of hydrogen-bond acceptors (Lipinski definition) is 4. The minimum absolute atomic E-state index is 0.243. The highest BCUT2D eigenvalue weighted by atomic mass is 16.5. The van der Waals surface area contributed by atoms with Crippen molar-refractivity contribution in [3.63, 3.8) is 0 Å². The fourth-order valence-electron chi connectivity index (χ4n) is 1.66. The Morgan fingerprint density at radius 3 is 2.95 bits per heavy atom. The number of anilines is 1. The molecule has 0 unspecified atom stereocenters. The van der Waals surface area contributed by atoms with Gasteiger partial charge < -0.3 is 15.8 Å². The van der Waals surface area contributed by atoms with E-state index in [1.54, 1.807) is 43.6 Å². The van der Waals surface area contributed by atoms with Crippen molar-refractivity contribution < 1.29 is 9.53 Å². The van der Waals surface area contributed by atoms with E-state index in [9.17, 15) is 4.79 Å². The molecule has 0 saturated heterocycles. The Morgan fingerprint density at radius 1 is 1.37 bits per heavy atom. The van der Waals surface area contributed by atoms with E-state index in [0.29, 0.717) is 23.7 Å². The van der Waals surface area contributed by atoms with Gasteiger partial charge in [-0.25, -0.2) is 4.98 Å². The number of aromatic nitrogens is 1. The van der Waals surface area contributed by atoms with Crippen LogP contribution in [0.1, 0.15) is 15.9 Å². The van der Waals surface area contributed by atoms with Crippen LogP contribution in [0.15, 0.2) is 42.6 Å². The highest BCUT2D eigenvalue weighted by Gasteiger charge is 2.10. The van der Waals surface area contributed by atoms with Crippen molar-refractivity contribution >= 4 is 11.7 Å². The molecule has 0 aliphatic rings. The summed E-state index contributed by atoms with van der Waals surface area (Å²) in [6.45, 7) is 0.321. The molecule has 98 valence electrons. The summed E-state index contributed by atoms with van der Waals surface area (Å²) in [7, 11) is 1.56. The number of pyridine rings is 1. The summed E-state index contributed by atoms with van der Waals surface area (Å²) in [6, 6.07) is 10.5. The second kappa shape index (κ2) is 5.97. The fraction of sp³-hybridized carbons (Fsp3) is 0.143. The second-order valence-corrected chi connectivity index (χ2v) is 3.90. The molecule has 1 heterocycles. The van der Waals surface area contributed by atoms with Crippen molar-refractivity contribution in [3.05, 3.63) is 53.7 Å². The van der Waals surface area contributed by atoms with Crippen molar-refractivity contribution in [3.8, 4) is 5.75 Å². The maximum Gasteiger partial charge on any atom is 0.256 e. The monoisotopic (exact) mass is 257 g/mol. The third kappa shape index (κ3) is 3.08. The van der Waals surface area contributed by atoms with Gasteiger partial charge in [-0.05, 0) is 24.3 Å². The number of nitrogens with two attached hydrogens (primary N) is 1. The molecule has 1 aromatic carbocycles. The first kappa shape index (κ1) is 13.0. The number of benzene rings is 1. The van der Waals surface area contributed by atoms with Gasteiger partial charge >= 0.3 is 0 Å². The standard InChI is InChI=1S/C14H15N3O2/c1-19-12-6-2-4-10(8-12)14(18)17-13-11(9-15)5-3-7-16-13/h2-8H,9,15H2,1H3,(H,16,17,18). The van der Waals surface area contributed by atoms with Gasteiger partial charge in [0.25, 0.3) is 5.91 Å². The van der Waals surface area contributed by atoms with Gasteiger partial charge in [-0.2, -0.15) is 0 Å². The van der Waals surface area contributed by atoms with Crippen LogP contribution in [0, 0.1) is 0 Å². The molecule has 5 heteroatoms. The third-order valence-corrected chi connectivity index (χ3v) is 2.68. The Morgan fingerprint density at radius 2 is 2.21 bits per heavy atom. The second-order valence-electron chi connectivity index (χ2n) is 3.90. The number of carbonyl (C=O) groups is 1. The molecule has 1 amide bonds. The number of methoxy groups -OCH3 is 1. The Balaban J connectivity index is 2.20. The predicted octanol–water partition coefficient (Wildman–Crippen LogP) is 1.80. The Bertz CT molecular complexity index is 584. The minimum atomic E-state index is -0.243. The molecule has 0 atom stereocenters. The normalized spacial score (nSPS) is 10.0. The van der Waals surface area contributed by atoms with Gasteiger partial charge in [0.2, 0.25) is 0 Å². The number of nitrogens with zero attached hydrogens (tertiary/aromatic N) is 1. The average Bonchev–Trinajstić information content (AvgIpc) is 2.47. The fourth-order valence-corrected chi connectivity index (χ4v) is 1.66. The van der Waals surface area contributed by atoms with Gasteiger partial charge in [-0.1, -0.05) is 12.1 Å². The summed E-state index contributed by atoms with van der Waals surface area (Å²) in [5.74, 6) is 0.873. The molecule has 0 aliphatic heterocycles. The molecular formula is C14H15N3O2. The minimum Gasteiger partial charge on any atom is -0.497 e. The topological polar surface area (TPSA) is 77.2 Å². The number of hydrogen-bond donors (Lipinski definition) is 2. The molecule has 5 nitrogen and oxygen atoms in total. The molecule has 0 saturated carbocycles. The van der Waals surface area contributed by atoms with Crippen LogP contribution in [0.5, 0.6) is 5.75 Å². The first-order valence-corrected chi connectivity index (χ1v) is 5.84. The Hall–Kier alpha value is -2.40. The van der Waals surface area contributed by atoms with Gasteiger partial charge in [0.15, 0.2) is 0 Å². The zero-order valence-electron chi connectivity index (χ0n) is 10.6. The van der Waals surface area contributed by atoms with E-state index in [2.05, 4.69) is 10.3 Å². The first-order chi connectivity index (χ1) is 9.24. The van der Waals surface area contributed by atoms with Gasteiger partial charge in [0, 0.05) is 23.9 Å². The van der Waals surface area contributed by atoms with Crippen LogP contribution < -0.4 is 15.8 Å². The van der Waals surface area contributed by atoms with Crippen LogP contribution >= 0.6 is 0 Å². The van der Waals surface area contributed by atoms with Crippen LogP contribution in [0.3, 0.4) is 0 Å². The average molecular weight is 257 g/mol. The van der Waals surface area contributed by atoms with E-state index in [0.717, 1.165) is 5.56 Å². The molecule has 0 fully saturated rings. The van der Waals surface area contributed by atoms with E-state index in [-0.39, 0.29) is 5.91 Å². The number of carbonyl (C=O) groups excluding carboxylic acids is 1. The smallest absolute Gasteiger partial charge is 0.256 e. The van der Waals surface area contributed by atoms with Crippen molar-refractivity contribution in [1.82, 2.24) is 4.98 Å². The first-order valence-electron chi connectivity index (χ1n) is 5.84. The molecule has 3 N–H and O–H groups in total. The van der Waals surface area contributed by atoms with Crippen molar-refractivity contribution in [2.24, 2.45) is 5.73 Å². The number of nitrogens with one attached hydrogen (secondary N) is 1. The Labute approximate surface area is 111 Å². The van der Waals surface area contributed by atoms with Crippen LogP contribution in [-0.2, 0) is 6.54 Å². The van der Waals surface area contributed by atoms with Crippen molar-refractivity contribution in [1.29, 1.82) is 0 Å². The lowest BCUT2D eigenvalue weighted by atomic mass is 10.2. The number of amides is 1. The lowest BCUT2D eigenvalue weighted by Crippen LogP contribution is -2.15. The van der Waals surface area contributed by atoms with E-state index in [1.165, 1.54) is 0 Å². The zero-order valence-corrected chi connectivity index (χ0v) is 10.6. The molecule has 0 bridgehead atoms. The highest BCUT2D eigenvalue weighted by Crippen LogP contribution is 2.15. The highest BCUT2D eigenvalue weighted by molar-refractivity contribution is 6.04. The summed E-state index contributed by atoms with van der Waals surface area (Å²) in [4.78, 5) is 16.2. The maximum atomic E-state index is 12.1. The van der Waals surface area contributed by atoms with Crippen LogP contribution in [-0.4, -0.2) is 18.0 Å². The van der Waals surface area contributed by atoms with Gasteiger partial charge in [-0.15, -0.1) is 0 Å². The lowest BCUT2D eigenvalue weighted by Gasteiger charge is -2.09. The third-order valence-electron chi connectivity index (χ3n) is 2.68. The van der Waals surface area contributed by atoms with E-state index < -0.39 is 0 Å². The molecule has 19 heavy (non-hydrogen) atoms. The number of ether oxygens (including phenoxy) is 1. The SMILES string of the molecule is COc1cccc(C(=O)Nc2ncccc2CN)c1. The van der Waals surface area contributed by atoms with Crippen molar-refractivity contribution in [2.45, 2.75) is 6.54 Å². The molecule has 2 aromatic rings. The van der Waals surface area contributed by atoms with Crippen LogP contribution in [0.4, 0.5) is 5.82 Å². The molecule has 0 spiro atoms. The van der Waals surface area contributed by atoms with E-state index in [4.69, 9.17) is 10.5 Å². The molecule has 2 rings (SSSR count). The van der Waals surface area contributed by atoms with Crippen LogP contribution in [0.25, 0.3) is 0 Å². The summed E-state index contributed by atoms with van der Waals surface area (Å²) in [5, 5.41) is 2.74. The van der Waals surface area contributed by atoms with Gasteiger partial charge in [0.05, 0.1) is 7.11 Å².